The summed E-state index contributed by atoms with van der Waals surface area (Å²) >= 11 is 0. The van der Waals surface area contributed by atoms with E-state index in [4.69, 9.17) is 33.7 Å². The lowest BCUT2D eigenvalue weighted by Crippen LogP contribution is -2.62. The van der Waals surface area contributed by atoms with Gasteiger partial charge >= 0.3 is 17.9 Å². The number of allylic oxidation sites excluding steroid dienone is 1. The first-order chi connectivity index (χ1) is 12.3. The minimum Gasteiger partial charge on any atom is -0.498 e. The van der Waals surface area contributed by atoms with Gasteiger partial charge in [-0.3, -0.25) is 14.4 Å². The van der Waals surface area contributed by atoms with Crippen molar-refractivity contribution >= 4 is 17.9 Å². The summed E-state index contributed by atoms with van der Waals surface area (Å²) < 4.78 is 31.6. The van der Waals surface area contributed by atoms with Crippen LogP contribution < -0.4 is 0 Å². The van der Waals surface area contributed by atoms with Crippen LogP contribution >= 0.6 is 0 Å². The highest BCUT2D eigenvalue weighted by molar-refractivity contribution is 5.68. The van der Waals surface area contributed by atoms with Crippen molar-refractivity contribution in [3.63, 3.8) is 0 Å². The van der Waals surface area contributed by atoms with E-state index in [-0.39, 0.29) is 6.61 Å². The van der Waals surface area contributed by atoms with E-state index in [2.05, 4.69) is 0 Å². The van der Waals surface area contributed by atoms with Gasteiger partial charge < -0.3 is 28.4 Å². The van der Waals surface area contributed by atoms with E-state index in [1.807, 2.05) is 0 Å². The first-order valence-corrected chi connectivity index (χ1v) is 7.66. The van der Waals surface area contributed by atoms with E-state index in [9.17, 15) is 14.4 Å². The molecule has 0 aromatic carbocycles. The Morgan fingerprint density at radius 2 is 1.54 bits per heavy atom. The van der Waals surface area contributed by atoms with Crippen LogP contribution in [0.25, 0.3) is 0 Å². The Morgan fingerprint density at radius 1 is 1.00 bits per heavy atom. The number of esters is 3. The molecule has 0 aliphatic carbocycles. The zero-order chi connectivity index (χ0) is 19.7. The zero-order valence-corrected chi connectivity index (χ0v) is 14.9. The van der Waals surface area contributed by atoms with Crippen molar-refractivity contribution in [1.29, 1.82) is 5.26 Å². The highest BCUT2D eigenvalue weighted by Crippen LogP contribution is 2.29. The van der Waals surface area contributed by atoms with Crippen molar-refractivity contribution in [3.05, 3.63) is 12.3 Å². The van der Waals surface area contributed by atoms with Gasteiger partial charge in [-0.15, -0.1) is 0 Å². The molecule has 0 spiro atoms. The van der Waals surface area contributed by atoms with E-state index < -0.39 is 48.6 Å². The molecule has 0 bridgehead atoms. The molecular formula is C16H21NO9. The largest absolute Gasteiger partial charge is 0.498 e. The number of ether oxygens (including phenoxy) is 6. The van der Waals surface area contributed by atoms with Crippen LogP contribution in [0.2, 0.25) is 0 Å². The maximum atomic E-state index is 11.5. The van der Waals surface area contributed by atoms with Crippen molar-refractivity contribution in [1.82, 2.24) is 0 Å². The summed E-state index contributed by atoms with van der Waals surface area (Å²) in [7, 11) is 1.31. The molecule has 0 amide bonds. The lowest BCUT2D eigenvalue weighted by Gasteiger charge is -2.43. The molecule has 10 nitrogen and oxygen atoms in total. The van der Waals surface area contributed by atoms with Gasteiger partial charge in [0.25, 0.3) is 0 Å². The second-order valence-electron chi connectivity index (χ2n) is 5.27. The van der Waals surface area contributed by atoms with Crippen LogP contribution in [0.1, 0.15) is 20.8 Å². The van der Waals surface area contributed by atoms with Gasteiger partial charge in [-0.25, -0.2) is 0 Å². The summed E-state index contributed by atoms with van der Waals surface area (Å²) in [4.78, 5) is 34.4. The number of hydrogen-bond acceptors (Lipinski definition) is 10. The monoisotopic (exact) mass is 371 g/mol. The van der Waals surface area contributed by atoms with E-state index >= 15 is 0 Å². The predicted molar refractivity (Wildman–Crippen MR) is 83.0 cm³/mol. The lowest BCUT2D eigenvalue weighted by molar-refractivity contribution is -0.302. The molecule has 0 saturated carbocycles. The third-order valence-electron chi connectivity index (χ3n) is 3.23. The normalized spacial score (nSPS) is 28.0. The smallest absolute Gasteiger partial charge is 0.303 e. The Labute approximate surface area is 150 Å². The molecule has 1 aliphatic rings. The molecule has 10 heteroatoms. The highest BCUT2D eigenvalue weighted by Gasteiger charge is 2.52. The van der Waals surface area contributed by atoms with Crippen LogP contribution in [0.3, 0.4) is 0 Å². The first kappa shape index (κ1) is 21.4. The Hall–Kier alpha value is -2.64. The number of carbonyl (C=O) groups excluding carboxylic acids is 3. The molecule has 1 fully saturated rings. The number of nitriles is 1. The average Bonchev–Trinajstić information content (AvgIpc) is 2.54. The van der Waals surface area contributed by atoms with Crippen molar-refractivity contribution in [2.24, 2.45) is 0 Å². The molecule has 0 aromatic heterocycles. The molecule has 144 valence electrons. The first-order valence-electron chi connectivity index (χ1n) is 7.66. The van der Waals surface area contributed by atoms with Crippen LogP contribution in [-0.2, 0) is 42.8 Å². The van der Waals surface area contributed by atoms with Gasteiger partial charge in [-0.05, 0) is 0 Å². The number of nitrogens with zero attached hydrogens (tertiary/aromatic N) is 1. The van der Waals surface area contributed by atoms with E-state index in [1.54, 1.807) is 6.07 Å². The van der Waals surface area contributed by atoms with E-state index in [1.165, 1.54) is 21.0 Å². The fourth-order valence-electron chi connectivity index (χ4n) is 2.41. The van der Waals surface area contributed by atoms with Gasteiger partial charge in [-0.1, -0.05) is 0 Å². The predicted octanol–water partition coefficient (Wildman–Crippen LogP) is 0.207. The van der Waals surface area contributed by atoms with Crippen LogP contribution in [0.5, 0.6) is 0 Å². The molecule has 0 unspecified atom stereocenters. The fourth-order valence-corrected chi connectivity index (χ4v) is 2.41. The summed E-state index contributed by atoms with van der Waals surface area (Å²) in [6.45, 7) is 3.36. The molecule has 26 heavy (non-hydrogen) atoms. The van der Waals surface area contributed by atoms with Gasteiger partial charge in [0.05, 0.1) is 18.4 Å². The van der Waals surface area contributed by atoms with Gasteiger partial charge in [0, 0.05) is 27.9 Å². The van der Waals surface area contributed by atoms with Gasteiger partial charge in [-0.2, -0.15) is 5.26 Å². The molecule has 1 saturated heterocycles. The molecule has 5 atom stereocenters. The molecule has 1 aliphatic heterocycles. The van der Waals surface area contributed by atoms with E-state index in [0.29, 0.717) is 0 Å². The third-order valence-corrected chi connectivity index (χ3v) is 3.23. The minimum absolute atomic E-state index is 0.138. The Bertz CT molecular complexity index is 583. The molecule has 1 heterocycles. The molecule has 0 radical (unpaired) electrons. The maximum Gasteiger partial charge on any atom is 0.303 e. The summed E-state index contributed by atoms with van der Waals surface area (Å²) in [6.07, 6.45) is -3.23. The number of rotatable bonds is 7. The summed E-state index contributed by atoms with van der Waals surface area (Å²) in [5.41, 5.74) is 0. The van der Waals surface area contributed by atoms with Crippen LogP contribution in [-0.4, -0.2) is 62.3 Å². The maximum absolute atomic E-state index is 11.5. The standard InChI is InChI=1S/C16H21NO9/c1-9(18)23-13-12(8-22-7-5-6-17)26-16(21-4)15(25-11(3)20)14(13)24-10(2)19/h5,7,12-16H,8H2,1-4H3/b7-5-/t12-,13-,14+,15-,16+/m1/s1. The van der Waals surface area contributed by atoms with Crippen LogP contribution in [0.4, 0.5) is 0 Å². The number of hydrogen-bond donors (Lipinski definition) is 0. The highest BCUT2D eigenvalue weighted by atomic mass is 16.7. The molecule has 1 rings (SSSR count). The second kappa shape index (κ2) is 10.4. The average molecular weight is 371 g/mol. The van der Waals surface area contributed by atoms with Crippen molar-refractivity contribution in [2.45, 2.75) is 51.5 Å². The SMILES string of the molecule is CO[C@H]1O[C@H](CO/C=C\C#N)[C@@H](OC(C)=O)[C@H](OC(C)=O)[C@H]1OC(C)=O. The lowest BCUT2D eigenvalue weighted by atomic mass is 9.98. The summed E-state index contributed by atoms with van der Waals surface area (Å²) in [6, 6.07) is 1.75. The van der Waals surface area contributed by atoms with Crippen LogP contribution in [0.15, 0.2) is 12.3 Å². The van der Waals surface area contributed by atoms with Gasteiger partial charge in [0.1, 0.15) is 12.7 Å². The topological polar surface area (TPSA) is 130 Å². The third kappa shape index (κ3) is 6.34. The molecular weight excluding hydrogens is 350 g/mol. The van der Waals surface area contributed by atoms with Gasteiger partial charge in [0.15, 0.2) is 24.6 Å². The van der Waals surface area contributed by atoms with Gasteiger partial charge in [0.2, 0.25) is 0 Å². The Kier molecular flexibility index (Phi) is 8.54. The minimum atomic E-state index is -1.17. The summed E-state index contributed by atoms with van der Waals surface area (Å²) in [5.74, 6) is -2.00. The Balaban J connectivity index is 3.15. The molecule has 0 N–H and O–H groups in total. The zero-order valence-electron chi connectivity index (χ0n) is 14.9. The second-order valence-corrected chi connectivity index (χ2v) is 5.27. The number of methoxy groups -OCH3 is 1. The van der Waals surface area contributed by atoms with Crippen molar-refractivity contribution in [3.8, 4) is 6.07 Å². The Morgan fingerprint density at radius 3 is 2.04 bits per heavy atom. The fraction of sp³-hybridized carbons (Fsp3) is 0.625. The summed E-state index contributed by atoms with van der Waals surface area (Å²) in [5, 5.41) is 8.47. The quantitative estimate of drug-likeness (QED) is 0.265. The molecule has 0 aromatic rings. The van der Waals surface area contributed by atoms with Crippen LogP contribution in [0, 0.1) is 11.3 Å². The van der Waals surface area contributed by atoms with E-state index in [0.717, 1.165) is 19.3 Å². The van der Waals surface area contributed by atoms with Crippen molar-refractivity contribution in [2.75, 3.05) is 13.7 Å². The number of carbonyl (C=O) groups is 3. The van der Waals surface area contributed by atoms with Crippen molar-refractivity contribution < 1.29 is 42.8 Å².